The van der Waals surface area contributed by atoms with E-state index in [1.54, 1.807) is 0 Å². The van der Waals surface area contributed by atoms with Crippen molar-refractivity contribution in [1.82, 2.24) is 5.32 Å². The van der Waals surface area contributed by atoms with E-state index in [2.05, 4.69) is 10.6 Å². The van der Waals surface area contributed by atoms with Crippen molar-refractivity contribution in [2.24, 2.45) is 5.92 Å². The summed E-state index contributed by atoms with van der Waals surface area (Å²) >= 11 is 0. The van der Waals surface area contributed by atoms with Crippen LogP contribution in [0.2, 0.25) is 0 Å². The second-order valence-corrected chi connectivity index (χ2v) is 7.17. The summed E-state index contributed by atoms with van der Waals surface area (Å²) in [4.78, 5) is 12.4. The van der Waals surface area contributed by atoms with E-state index in [0.29, 0.717) is 24.4 Å². The van der Waals surface area contributed by atoms with E-state index in [1.165, 1.54) is 12.8 Å². The highest BCUT2D eigenvalue weighted by atomic mass is 35.5. The molecule has 0 aromatic heterocycles. The minimum atomic E-state index is 0. The first-order chi connectivity index (χ1) is 12.2. The molecular formula is C21H25ClN2O2. The van der Waals surface area contributed by atoms with E-state index in [0.717, 1.165) is 30.0 Å². The summed E-state index contributed by atoms with van der Waals surface area (Å²) in [6.07, 6.45) is 5.39. The maximum Gasteiger partial charge on any atom is 0.224 e. The molecule has 2 saturated heterocycles. The third-order valence-corrected chi connectivity index (χ3v) is 5.14. The Morgan fingerprint density at radius 2 is 1.69 bits per heavy atom. The fourth-order valence-corrected chi connectivity index (χ4v) is 4.08. The molecule has 138 valence electrons. The van der Waals surface area contributed by atoms with Gasteiger partial charge in [-0.3, -0.25) is 4.79 Å². The smallest absolute Gasteiger partial charge is 0.224 e. The molecule has 2 aromatic rings. The van der Waals surface area contributed by atoms with Crippen molar-refractivity contribution in [3.05, 3.63) is 54.6 Å². The number of nitrogens with one attached hydrogen (secondary N) is 2. The summed E-state index contributed by atoms with van der Waals surface area (Å²) in [5.74, 6) is 2.12. The van der Waals surface area contributed by atoms with Crippen molar-refractivity contribution >= 4 is 24.0 Å². The minimum Gasteiger partial charge on any atom is -0.457 e. The molecule has 2 atom stereocenters. The molecule has 0 saturated carbocycles. The number of fused-ring (bicyclic) bond motifs is 2. The van der Waals surface area contributed by atoms with Crippen LogP contribution in [0, 0.1) is 5.92 Å². The fourth-order valence-electron chi connectivity index (χ4n) is 4.08. The van der Waals surface area contributed by atoms with Gasteiger partial charge in [-0.15, -0.1) is 12.4 Å². The van der Waals surface area contributed by atoms with E-state index in [1.807, 2.05) is 54.6 Å². The number of halogens is 1. The average molecular weight is 373 g/mol. The van der Waals surface area contributed by atoms with Crippen LogP contribution in [-0.4, -0.2) is 18.0 Å². The molecule has 2 aromatic carbocycles. The molecule has 4 rings (SSSR count). The number of hydrogen-bond acceptors (Lipinski definition) is 3. The number of anilines is 1. The van der Waals surface area contributed by atoms with Crippen LogP contribution in [-0.2, 0) is 4.79 Å². The zero-order chi connectivity index (χ0) is 17.1. The number of piperidine rings is 1. The topological polar surface area (TPSA) is 50.4 Å². The van der Waals surface area contributed by atoms with Crippen LogP contribution in [0.1, 0.15) is 32.1 Å². The number of hydrogen-bond donors (Lipinski definition) is 2. The van der Waals surface area contributed by atoms with E-state index < -0.39 is 0 Å². The molecule has 26 heavy (non-hydrogen) atoms. The molecular weight excluding hydrogens is 348 g/mol. The zero-order valence-electron chi connectivity index (χ0n) is 14.7. The van der Waals surface area contributed by atoms with Crippen LogP contribution in [0.3, 0.4) is 0 Å². The predicted molar refractivity (Wildman–Crippen MR) is 106 cm³/mol. The summed E-state index contributed by atoms with van der Waals surface area (Å²) in [6, 6.07) is 18.5. The quantitative estimate of drug-likeness (QED) is 0.795. The van der Waals surface area contributed by atoms with Gasteiger partial charge in [-0.25, -0.2) is 0 Å². The van der Waals surface area contributed by atoms with Gasteiger partial charge in [0.25, 0.3) is 0 Å². The first-order valence-electron chi connectivity index (χ1n) is 9.13. The Morgan fingerprint density at radius 1 is 1.00 bits per heavy atom. The lowest BCUT2D eigenvalue weighted by molar-refractivity contribution is -0.117. The van der Waals surface area contributed by atoms with Gasteiger partial charge in [0, 0.05) is 30.3 Å². The van der Waals surface area contributed by atoms with Gasteiger partial charge in [-0.1, -0.05) is 24.3 Å². The van der Waals surface area contributed by atoms with Crippen molar-refractivity contribution < 1.29 is 9.53 Å². The zero-order valence-corrected chi connectivity index (χ0v) is 15.5. The first kappa shape index (κ1) is 18.7. The van der Waals surface area contributed by atoms with E-state index in [4.69, 9.17) is 4.74 Å². The van der Waals surface area contributed by atoms with Crippen LogP contribution in [0.4, 0.5) is 5.69 Å². The van der Waals surface area contributed by atoms with E-state index >= 15 is 0 Å². The van der Waals surface area contributed by atoms with Crippen LogP contribution < -0.4 is 15.4 Å². The van der Waals surface area contributed by atoms with Gasteiger partial charge >= 0.3 is 0 Å². The van der Waals surface area contributed by atoms with Gasteiger partial charge in [0.1, 0.15) is 11.5 Å². The summed E-state index contributed by atoms with van der Waals surface area (Å²) in [7, 11) is 0. The lowest BCUT2D eigenvalue weighted by atomic mass is 9.89. The van der Waals surface area contributed by atoms with Gasteiger partial charge in [0.2, 0.25) is 5.91 Å². The molecule has 0 aliphatic carbocycles. The first-order valence-corrected chi connectivity index (χ1v) is 9.13. The van der Waals surface area contributed by atoms with Gasteiger partial charge < -0.3 is 15.4 Å². The van der Waals surface area contributed by atoms with Gasteiger partial charge in [-0.05, 0) is 55.9 Å². The third kappa shape index (κ3) is 4.77. The largest absolute Gasteiger partial charge is 0.457 e. The lowest BCUT2D eigenvalue weighted by Gasteiger charge is -2.28. The average Bonchev–Trinajstić information content (AvgIpc) is 2.94. The Kier molecular flexibility index (Phi) is 6.17. The summed E-state index contributed by atoms with van der Waals surface area (Å²) < 4.78 is 5.83. The van der Waals surface area contributed by atoms with Crippen molar-refractivity contribution in [1.29, 1.82) is 0 Å². The van der Waals surface area contributed by atoms with Crippen LogP contribution in [0.15, 0.2) is 54.6 Å². The molecule has 0 radical (unpaired) electrons. The fraction of sp³-hybridized carbons (Fsp3) is 0.381. The molecule has 2 aliphatic rings. The molecule has 1 amide bonds. The second-order valence-electron chi connectivity index (χ2n) is 7.17. The SMILES string of the molecule is Cl.O=C(CC1CC2CCC(C1)N2)Nc1cccc(Oc2ccccc2)c1. The van der Waals surface area contributed by atoms with Crippen molar-refractivity contribution in [3.8, 4) is 11.5 Å². The van der Waals surface area contributed by atoms with Gasteiger partial charge in [0.15, 0.2) is 0 Å². The number of ether oxygens (including phenoxy) is 1. The van der Waals surface area contributed by atoms with Crippen LogP contribution >= 0.6 is 12.4 Å². The highest BCUT2D eigenvalue weighted by Gasteiger charge is 2.34. The summed E-state index contributed by atoms with van der Waals surface area (Å²) in [5, 5.41) is 6.65. The van der Waals surface area contributed by atoms with E-state index in [9.17, 15) is 4.79 Å². The maximum absolute atomic E-state index is 12.4. The summed E-state index contributed by atoms with van der Waals surface area (Å²) in [6.45, 7) is 0. The van der Waals surface area contributed by atoms with Crippen molar-refractivity contribution in [2.75, 3.05) is 5.32 Å². The van der Waals surface area contributed by atoms with Gasteiger partial charge in [-0.2, -0.15) is 0 Å². The van der Waals surface area contributed by atoms with Crippen molar-refractivity contribution in [2.45, 2.75) is 44.2 Å². The highest BCUT2D eigenvalue weighted by molar-refractivity contribution is 5.91. The molecule has 2 N–H and O–H groups in total. The normalized spacial score (nSPS) is 23.8. The molecule has 2 aliphatic heterocycles. The monoisotopic (exact) mass is 372 g/mol. The predicted octanol–water partition coefficient (Wildman–Crippen LogP) is 4.76. The molecule has 2 bridgehead atoms. The molecule has 2 heterocycles. The van der Waals surface area contributed by atoms with Gasteiger partial charge in [0.05, 0.1) is 0 Å². The van der Waals surface area contributed by atoms with Crippen molar-refractivity contribution in [3.63, 3.8) is 0 Å². The molecule has 4 nitrogen and oxygen atoms in total. The maximum atomic E-state index is 12.4. The number of benzene rings is 2. The van der Waals surface area contributed by atoms with E-state index in [-0.39, 0.29) is 18.3 Å². The molecule has 2 unspecified atom stereocenters. The Morgan fingerprint density at radius 3 is 2.42 bits per heavy atom. The molecule has 2 fully saturated rings. The third-order valence-electron chi connectivity index (χ3n) is 5.14. The molecule has 0 spiro atoms. The number of amides is 1. The highest BCUT2D eigenvalue weighted by Crippen LogP contribution is 2.33. The Bertz CT molecular complexity index is 726. The number of carbonyl (C=O) groups excluding carboxylic acids is 1. The number of carbonyl (C=O) groups is 1. The van der Waals surface area contributed by atoms with Crippen LogP contribution in [0.25, 0.3) is 0 Å². The van der Waals surface area contributed by atoms with Crippen LogP contribution in [0.5, 0.6) is 11.5 Å². The Labute approximate surface area is 160 Å². The number of rotatable bonds is 5. The molecule has 5 heteroatoms. The Hall–Kier alpha value is -2.04. The number of para-hydroxylation sites is 1. The lowest BCUT2D eigenvalue weighted by Crippen LogP contribution is -2.39. The minimum absolute atomic E-state index is 0. The Balaban J connectivity index is 0.00000196. The summed E-state index contributed by atoms with van der Waals surface area (Å²) in [5.41, 5.74) is 0.787. The standard InChI is InChI=1S/C21H24N2O2.ClH/c24-21(13-15-11-17-9-10-18(12-15)22-17)23-16-5-4-8-20(14-16)25-19-6-2-1-3-7-19;/h1-8,14-15,17-18,22H,9-13H2,(H,23,24);1H. The second kappa shape index (κ2) is 8.56.